The van der Waals surface area contributed by atoms with Crippen LogP contribution in [0.25, 0.3) is 22.3 Å². The minimum Gasteiger partial charge on any atom is -0.366 e. The molecule has 0 aliphatic carbocycles. The number of halogens is 1. The van der Waals surface area contributed by atoms with Crippen molar-refractivity contribution in [3.05, 3.63) is 72.6 Å². The van der Waals surface area contributed by atoms with Crippen LogP contribution in [-0.4, -0.2) is 19.9 Å². The molecule has 0 saturated carbocycles. The Bertz CT molecular complexity index is 981. The topological polar surface area (TPSA) is 66.5 Å². The van der Waals surface area contributed by atoms with Crippen LogP contribution in [0.3, 0.4) is 0 Å². The Balaban J connectivity index is 1.74. The molecule has 4 aromatic heterocycles. The van der Waals surface area contributed by atoms with Gasteiger partial charge in [0.2, 0.25) is 0 Å². The first kappa shape index (κ1) is 14.3. The number of pyridine rings is 3. The molecular weight excluding hydrogens is 305 g/mol. The van der Waals surface area contributed by atoms with Gasteiger partial charge in [-0.3, -0.25) is 9.97 Å². The zero-order valence-corrected chi connectivity index (χ0v) is 12.7. The fourth-order valence-electron chi connectivity index (χ4n) is 2.60. The summed E-state index contributed by atoms with van der Waals surface area (Å²) >= 11 is 0. The van der Waals surface area contributed by atoms with E-state index < -0.39 is 0 Å². The van der Waals surface area contributed by atoms with Crippen LogP contribution in [0.15, 0.2) is 61.2 Å². The van der Waals surface area contributed by atoms with E-state index in [9.17, 15) is 4.39 Å². The van der Waals surface area contributed by atoms with Gasteiger partial charge in [-0.2, -0.15) is 0 Å². The van der Waals surface area contributed by atoms with Gasteiger partial charge in [-0.25, -0.2) is 9.37 Å². The van der Waals surface area contributed by atoms with Gasteiger partial charge < -0.3 is 10.3 Å². The quantitative estimate of drug-likeness (QED) is 0.601. The molecule has 0 bridgehead atoms. The summed E-state index contributed by atoms with van der Waals surface area (Å²) in [5, 5.41) is 4.10. The van der Waals surface area contributed by atoms with Crippen LogP contribution in [0.1, 0.15) is 5.56 Å². The first-order valence-electron chi connectivity index (χ1n) is 7.53. The number of nitrogens with zero attached hydrogens (tertiary/aromatic N) is 3. The number of anilines is 1. The molecule has 0 atom stereocenters. The summed E-state index contributed by atoms with van der Waals surface area (Å²) in [6, 6.07) is 10.5. The zero-order valence-electron chi connectivity index (χ0n) is 12.7. The van der Waals surface area contributed by atoms with Crippen molar-refractivity contribution in [1.82, 2.24) is 19.9 Å². The van der Waals surface area contributed by atoms with Gasteiger partial charge in [0.1, 0.15) is 23.0 Å². The zero-order chi connectivity index (χ0) is 16.4. The smallest absolute Gasteiger partial charge is 0.149 e. The van der Waals surface area contributed by atoms with E-state index in [0.29, 0.717) is 29.3 Å². The lowest BCUT2D eigenvalue weighted by Gasteiger charge is -2.09. The molecule has 0 unspecified atom stereocenters. The maximum absolute atomic E-state index is 14.2. The van der Waals surface area contributed by atoms with Gasteiger partial charge in [0.15, 0.2) is 0 Å². The van der Waals surface area contributed by atoms with Crippen LogP contribution in [-0.2, 0) is 6.54 Å². The summed E-state index contributed by atoms with van der Waals surface area (Å²) < 4.78 is 14.2. The van der Waals surface area contributed by atoms with Crippen molar-refractivity contribution in [2.75, 3.05) is 5.32 Å². The minimum absolute atomic E-state index is 0.316. The highest BCUT2D eigenvalue weighted by Crippen LogP contribution is 2.30. The highest BCUT2D eigenvalue weighted by Gasteiger charge is 2.13. The largest absolute Gasteiger partial charge is 0.366 e. The van der Waals surface area contributed by atoms with Crippen LogP contribution in [0.4, 0.5) is 10.2 Å². The lowest BCUT2D eigenvalue weighted by molar-refractivity contribution is 0.626. The Morgan fingerprint density at radius 2 is 1.96 bits per heavy atom. The summed E-state index contributed by atoms with van der Waals surface area (Å²) in [5.41, 5.74) is 2.80. The Morgan fingerprint density at radius 3 is 2.79 bits per heavy atom. The second kappa shape index (κ2) is 6.08. The average Bonchev–Trinajstić information content (AvgIpc) is 3.09. The predicted molar refractivity (Wildman–Crippen MR) is 90.8 cm³/mol. The number of rotatable bonds is 4. The highest BCUT2D eigenvalue weighted by molar-refractivity contribution is 5.93. The molecular formula is C18H14FN5. The summed E-state index contributed by atoms with van der Waals surface area (Å²) in [6.07, 6.45) is 6.86. The van der Waals surface area contributed by atoms with E-state index in [1.54, 1.807) is 30.9 Å². The van der Waals surface area contributed by atoms with Gasteiger partial charge in [0, 0.05) is 42.3 Å². The fourth-order valence-corrected chi connectivity index (χ4v) is 2.60. The molecule has 0 amide bonds. The lowest BCUT2D eigenvalue weighted by atomic mass is 10.1. The summed E-state index contributed by atoms with van der Waals surface area (Å²) in [6.45, 7) is 0.603. The number of fused-ring (bicyclic) bond motifs is 1. The highest BCUT2D eigenvalue weighted by atomic mass is 19.1. The third-order valence-electron chi connectivity index (χ3n) is 3.77. The molecule has 118 valence electrons. The van der Waals surface area contributed by atoms with Crippen LogP contribution >= 0.6 is 0 Å². The normalized spacial score (nSPS) is 10.9. The number of H-pyrrole nitrogens is 1. The van der Waals surface area contributed by atoms with Crippen molar-refractivity contribution in [2.45, 2.75) is 6.54 Å². The summed E-state index contributed by atoms with van der Waals surface area (Å²) in [5.74, 6) is 0.299. The van der Waals surface area contributed by atoms with Gasteiger partial charge in [-0.1, -0.05) is 0 Å². The van der Waals surface area contributed by atoms with E-state index in [2.05, 4.69) is 25.3 Å². The van der Waals surface area contributed by atoms with Crippen LogP contribution < -0.4 is 5.32 Å². The third-order valence-corrected chi connectivity index (χ3v) is 3.77. The minimum atomic E-state index is -0.355. The number of hydrogen-bond donors (Lipinski definition) is 2. The number of hydrogen-bond acceptors (Lipinski definition) is 4. The second-order valence-corrected chi connectivity index (χ2v) is 5.34. The molecule has 24 heavy (non-hydrogen) atoms. The Hall–Kier alpha value is -3.28. The maximum Gasteiger partial charge on any atom is 0.149 e. The van der Waals surface area contributed by atoms with Crippen LogP contribution in [0.5, 0.6) is 0 Å². The molecule has 0 saturated heterocycles. The number of aromatic nitrogens is 4. The third kappa shape index (κ3) is 2.69. The van der Waals surface area contributed by atoms with Gasteiger partial charge in [0.25, 0.3) is 0 Å². The maximum atomic E-state index is 14.2. The molecule has 6 heteroatoms. The summed E-state index contributed by atoms with van der Waals surface area (Å²) in [7, 11) is 0. The van der Waals surface area contributed by atoms with Gasteiger partial charge >= 0.3 is 0 Å². The van der Waals surface area contributed by atoms with Gasteiger partial charge in [-0.05, 0) is 42.0 Å². The molecule has 5 nitrogen and oxygen atoms in total. The Labute approximate surface area is 137 Å². The Kier molecular flexibility index (Phi) is 3.63. The molecule has 0 aliphatic rings. The van der Waals surface area contributed by atoms with Crippen molar-refractivity contribution in [3.63, 3.8) is 0 Å². The van der Waals surface area contributed by atoms with Crippen molar-refractivity contribution < 1.29 is 4.39 Å². The van der Waals surface area contributed by atoms with E-state index in [1.165, 1.54) is 6.07 Å². The molecule has 0 radical (unpaired) electrons. The predicted octanol–water partition coefficient (Wildman–Crippen LogP) is 3.77. The van der Waals surface area contributed by atoms with E-state index in [-0.39, 0.29) is 5.82 Å². The SMILES string of the molecule is Fc1cccnc1-c1cc(NCc2ccncc2)nc2[nH]ccc12. The molecule has 0 aromatic carbocycles. The monoisotopic (exact) mass is 319 g/mol. The number of aromatic amines is 1. The first-order valence-corrected chi connectivity index (χ1v) is 7.53. The summed E-state index contributed by atoms with van der Waals surface area (Å²) in [4.78, 5) is 15.8. The van der Waals surface area contributed by atoms with Crippen molar-refractivity contribution in [1.29, 1.82) is 0 Å². The van der Waals surface area contributed by atoms with E-state index >= 15 is 0 Å². The van der Waals surface area contributed by atoms with Gasteiger partial charge in [-0.15, -0.1) is 0 Å². The van der Waals surface area contributed by atoms with E-state index in [0.717, 1.165) is 10.9 Å². The van der Waals surface area contributed by atoms with Crippen molar-refractivity contribution >= 4 is 16.9 Å². The standard InChI is InChI=1S/C18H14FN5/c19-15-2-1-6-21-17(15)14-10-16(24-18-13(14)5-9-22-18)23-11-12-3-7-20-8-4-12/h1-10H,11H2,(H2,22,23,24). The van der Waals surface area contributed by atoms with E-state index in [1.807, 2.05) is 24.3 Å². The molecule has 0 fully saturated rings. The molecule has 0 spiro atoms. The molecule has 2 N–H and O–H groups in total. The molecule has 4 aromatic rings. The first-order chi connectivity index (χ1) is 11.8. The van der Waals surface area contributed by atoms with Crippen molar-refractivity contribution in [3.8, 4) is 11.3 Å². The van der Waals surface area contributed by atoms with Crippen LogP contribution in [0.2, 0.25) is 0 Å². The number of nitrogens with one attached hydrogen (secondary N) is 2. The second-order valence-electron chi connectivity index (χ2n) is 5.34. The van der Waals surface area contributed by atoms with Crippen LogP contribution in [0, 0.1) is 5.82 Å². The fraction of sp³-hybridized carbons (Fsp3) is 0.0556. The average molecular weight is 319 g/mol. The Morgan fingerprint density at radius 1 is 1.08 bits per heavy atom. The molecule has 0 aliphatic heterocycles. The lowest BCUT2D eigenvalue weighted by Crippen LogP contribution is -2.02. The van der Waals surface area contributed by atoms with Gasteiger partial charge in [0.05, 0.1) is 0 Å². The van der Waals surface area contributed by atoms with E-state index in [4.69, 9.17) is 0 Å². The van der Waals surface area contributed by atoms with Crippen molar-refractivity contribution in [2.24, 2.45) is 0 Å². The molecule has 4 rings (SSSR count). The molecule has 4 heterocycles.